The topological polar surface area (TPSA) is 102 Å². The molecule has 1 atom stereocenters. The molecule has 0 bridgehead atoms. The number of esters is 1. The van der Waals surface area contributed by atoms with Crippen molar-refractivity contribution < 1.29 is 33.7 Å². The first-order chi connectivity index (χ1) is 17.9. The van der Waals surface area contributed by atoms with Gasteiger partial charge in [-0.2, -0.15) is 0 Å². The van der Waals surface area contributed by atoms with Gasteiger partial charge in [0.05, 0.1) is 43.1 Å². The molecule has 8 heteroatoms. The van der Waals surface area contributed by atoms with Crippen LogP contribution in [0.3, 0.4) is 0 Å². The second-order valence-corrected chi connectivity index (χ2v) is 8.14. The van der Waals surface area contributed by atoms with E-state index in [0.717, 1.165) is 0 Å². The fraction of sp³-hybridized carbons (Fsp3) is 0.207. The molecular weight excluding hydrogens is 474 g/mol. The smallest absolute Gasteiger partial charge is 0.337 e. The lowest BCUT2D eigenvalue weighted by Gasteiger charge is -2.25. The maximum Gasteiger partial charge on any atom is 0.337 e. The van der Waals surface area contributed by atoms with Crippen molar-refractivity contribution in [3.05, 3.63) is 95.1 Å². The van der Waals surface area contributed by atoms with Crippen LogP contribution in [0.4, 0.5) is 5.69 Å². The summed E-state index contributed by atoms with van der Waals surface area (Å²) in [5.74, 6) is -1.64. The number of amides is 1. The molecule has 3 aromatic rings. The Labute approximate surface area is 214 Å². The second kappa shape index (κ2) is 11.0. The van der Waals surface area contributed by atoms with Gasteiger partial charge in [-0.25, -0.2) is 4.79 Å². The maximum atomic E-state index is 13.4. The van der Waals surface area contributed by atoms with Crippen LogP contribution in [0.2, 0.25) is 0 Å². The molecule has 8 nitrogen and oxygen atoms in total. The number of methoxy groups -OCH3 is 1. The fourth-order valence-electron chi connectivity index (χ4n) is 4.30. The van der Waals surface area contributed by atoms with Crippen LogP contribution >= 0.6 is 0 Å². The van der Waals surface area contributed by atoms with E-state index in [1.807, 2.05) is 13.0 Å². The molecule has 4 rings (SSSR count). The summed E-state index contributed by atoms with van der Waals surface area (Å²) in [6, 6.07) is 19.1. The number of carbonyl (C=O) groups is 3. The maximum absolute atomic E-state index is 13.4. The van der Waals surface area contributed by atoms with Crippen LogP contribution < -0.4 is 14.4 Å². The number of rotatable bonds is 8. The van der Waals surface area contributed by atoms with Crippen LogP contribution in [0.1, 0.15) is 41.4 Å². The zero-order chi connectivity index (χ0) is 26.5. The Bertz CT molecular complexity index is 1350. The molecule has 0 aromatic heterocycles. The number of anilines is 1. The van der Waals surface area contributed by atoms with Crippen molar-refractivity contribution in [1.29, 1.82) is 0 Å². The lowest BCUT2D eigenvalue weighted by atomic mass is 9.94. The standard InChI is InChI=1S/C29H27NO7/c1-4-36-21-15-16-22(23(17-21)37-5-2)26(31)24-25(18-9-7-6-8-10-18)30(28(33)27(24)32)20-13-11-19(12-14-20)29(34)35-3/h6-17,25,31H,4-5H2,1-3H3/b26-24-. The number of hydrogen-bond acceptors (Lipinski definition) is 7. The van der Waals surface area contributed by atoms with E-state index in [2.05, 4.69) is 0 Å². The molecule has 1 aliphatic heterocycles. The Morgan fingerprint density at radius 1 is 0.919 bits per heavy atom. The summed E-state index contributed by atoms with van der Waals surface area (Å²) in [7, 11) is 1.28. The highest BCUT2D eigenvalue weighted by Gasteiger charge is 2.47. The van der Waals surface area contributed by atoms with Crippen molar-refractivity contribution in [2.24, 2.45) is 0 Å². The van der Waals surface area contributed by atoms with Crippen molar-refractivity contribution in [3.8, 4) is 11.5 Å². The average molecular weight is 502 g/mol. The zero-order valence-electron chi connectivity index (χ0n) is 20.8. The molecule has 3 aromatic carbocycles. The predicted octanol–water partition coefficient (Wildman–Crippen LogP) is 4.90. The molecule has 1 aliphatic rings. The predicted molar refractivity (Wildman–Crippen MR) is 138 cm³/mol. The van der Waals surface area contributed by atoms with Crippen LogP contribution in [-0.4, -0.2) is 43.1 Å². The lowest BCUT2D eigenvalue weighted by molar-refractivity contribution is -0.132. The van der Waals surface area contributed by atoms with E-state index in [-0.39, 0.29) is 16.9 Å². The summed E-state index contributed by atoms with van der Waals surface area (Å²) in [4.78, 5) is 39.9. The van der Waals surface area contributed by atoms with Crippen molar-refractivity contribution in [2.75, 3.05) is 25.2 Å². The van der Waals surface area contributed by atoms with Crippen molar-refractivity contribution in [1.82, 2.24) is 0 Å². The Kier molecular flexibility index (Phi) is 7.57. The molecule has 190 valence electrons. The van der Waals surface area contributed by atoms with Crippen LogP contribution in [0.25, 0.3) is 5.76 Å². The van der Waals surface area contributed by atoms with Gasteiger partial charge in [0.25, 0.3) is 11.7 Å². The first kappa shape index (κ1) is 25.5. The summed E-state index contributed by atoms with van der Waals surface area (Å²) in [6.07, 6.45) is 0. The van der Waals surface area contributed by atoms with Crippen LogP contribution in [-0.2, 0) is 14.3 Å². The zero-order valence-corrected chi connectivity index (χ0v) is 20.8. The summed E-state index contributed by atoms with van der Waals surface area (Å²) < 4.78 is 16.0. The molecule has 1 saturated heterocycles. The first-order valence-corrected chi connectivity index (χ1v) is 11.9. The minimum Gasteiger partial charge on any atom is -0.507 e. The Balaban J connectivity index is 1.89. The van der Waals surface area contributed by atoms with E-state index >= 15 is 0 Å². The highest BCUT2D eigenvalue weighted by Crippen LogP contribution is 2.43. The monoisotopic (exact) mass is 501 g/mol. The molecular formula is C29H27NO7. The number of Topliss-reactive ketones (excluding diaryl/α,β-unsaturated/α-hetero) is 1. The fourth-order valence-corrected chi connectivity index (χ4v) is 4.30. The first-order valence-electron chi connectivity index (χ1n) is 11.9. The van der Waals surface area contributed by atoms with Gasteiger partial charge in [-0.1, -0.05) is 30.3 Å². The molecule has 1 unspecified atom stereocenters. The van der Waals surface area contributed by atoms with Crippen LogP contribution in [0, 0.1) is 0 Å². The largest absolute Gasteiger partial charge is 0.507 e. The van der Waals surface area contributed by atoms with E-state index in [0.29, 0.717) is 41.5 Å². The van der Waals surface area contributed by atoms with E-state index in [9.17, 15) is 19.5 Å². The molecule has 1 heterocycles. The minimum absolute atomic E-state index is 0.0710. The number of ketones is 1. The second-order valence-electron chi connectivity index (χ2n) is 8.14. The molecule has 0 radical (unpaired) electrons. The Morgan fingerprint density at radius 2 is 1.59 bits per heavy atom. The third-order valence-electron chi connectivity index (χ3n) is 5.95. The molecule has 0 spiro atoms. The molecule has 0 saturated carbocycles. The van der Waals surface area contributed by atoms with Gasteiger partial charge in [-0.3, -0.25) is 14.5 Å². The van der Waals surface area contributed by atoms with Gasteiger partial charge in [0.2, 0.25) is 0 Å². The van der Waals surface area contributed by atoms with E-state index in [4.69, 9.17) is 14.2 Å². The Hall–Kier alpha value is -4.59. The third kappa shape index (κ3) is 4.91. The number of benzene rings is 3. The van der Waals surface area contributed by atoms with Gasteiger partial charge in [0.1, 0.15) is 17.3 Å². The van der Waals surface area contributed by atoms with E-state index in [1.165, 1.54) is 24.1 Å². The molecule has 1 amide bonds. The lowest BCUT2D eigenvalue weighted by Crippen LogP contribution is -2.29. The SMILES string of the molecule is CCOc1ccc(/C(O)=C2/C(=O)C(=O)N(c3ccc(C(=O)OC)cc3)C2c2ccccc2)c(OCC)c1. The third-order valence-corrected chi connectivity index (χ3v) is 5.95. The minimum atomic E-state index is -0.911. The molecule has 0 aliphatic carbocycles. The highest BCUT2D eigenvalue weighted by molar-refractivity contribution is 6.51. The van der Waals surface area contributed by atoms with E-state index < -0.39 is 23.7 Å². The summed E-state index contributed by atoms with van der Waals surface area (Å²) in [5.41, 5.74) is 1.52. The number of nitrogens with zero attached hydrogens (tertiary/aromatic N) is 1. The van der Waals surface area contributed by atoms with Crippen LogP contribution in [0.15, 0.2) is 78.4 Å². The number of aliphatic hydroxyl groups excluding tert-OH is 1. The molecule has 1 fully saturated rings. The normalized spacial score (nSPS) is 16.5. The van der Waals surface area contributed by atoms with Crippen molar-refractivity contribution >= 4 is 29.1 Å². The van der Waals surface area contributed by atoms with Gasteiger partial charge in [0, 0.05) is 11.8 Å². The number of hydrogen-bond donors (Lipinski definition) is 1. The molecule has 1 N–H and O–H groups in total. The number of carbonyl (C=O) groups excluding carboxylic acids is 3. The highest BCUT2D eigenvalue weighted by atomic mass is 16.5. The van der Waals surface area contributed by atoms with Crippen LogP contribution in [0.5, 0.6) is 11.5 Å². The summed E-state index contributed by atoms with van der Waals surface area (Å²) >= 11 is 0. The quantitative estimate of drug-likeness (QED) is 0.203. The van der Waals surface area contributed by atoms with Crippen molar-refractivity contribution in [2.45, 2.75) is 19.9 Å². The molecule has 37 heavy (non-hydrogen) atoms. The number of aliphatic hydroxyl groups is 1. The summed E-state index contributed by atoms with van der Waals surface area (Å²) in [6.45, 7) is 4.43. The van der Waals surface area contributed by atoms with Gasteiger partial charge in [0.15, 0.2) is 0 Å². The summed E-state index contributed by atoms with van der Waals surface area (Å²) in [5, 5.41) is 11.5. The van der Waals surface area contributed by atoms with Gasteiger partial charge in [-0.05, 0) is 55.8 Å². The average Bonchev–Trinajstić information content (AvgIpc) is 3.19. The number of ether oxygens (including phenoxy) is 3. The Morgan fingerprint density at radius 3 is 2.22 bits per heavy atom. The van der Waals surface area contributed by atoms with Gasteiger partial charge < -0.3 is 19.3 Å². The van der Waals surface area contributed by atoms with E-state index in [1.54, 1.807) is 61.5 Å². The van der Waals surface area contributed by atoms with Gasteiger partial charge in [-0.15, -0.1) is 0 Å². The van der Waals surface area contributed by atoms with Crippen molar-refractivity contribution in [3.63, 3.8) is 0 Å². The van der Waals surface area contributed by atoms with Gasteiger partial charge >= 0.3 is 5.97 Å².